The van der Waals surface area contributed by atoms with E-state index in [1.165, 1.54) is 0 Å². The zero-order chi connectivity index (χ0) is 11.0. The second-order valence-electron chi connectivity index (χ2n) is 3.84. The molecule has 3 nitrogen and oxygen atoms in total. The monoisotopic (exact) mass is 233 g/mol. The van der Waals surface area contributed by atoms with Crippen molar-refractivity contribution in [1.29, 1.82) is 0 Å². The topological polar surface area (TPSA) is 42.2 Å². The summed E-state index contributed by atoms with van der Waals surface area (Å²) in [6.07, 6.45) is 1.43. The lowest BCUT2D eigenvalue weighted by molar-refractivity contribution is -0.119. The molecule has 0 bridgehead atoms. The highest BCUT2D eigenvalue weighted by atomic mass is 32.1. The molecule has 0 aromatic carbocycles. The molecular formula is C12H11NO2S. The van der Waals surface area contributed by atoms with Crippen LogP contribution in [0.3, 0.4) is 0 Å². The predicted octanol–water partition coefficient (Wildman–Crippen LogP) is 2.96. The summed E-state index contributed by atoms with van der Waals surface area (Å²) in [7, 11) is 0. The second kappa shape index (κ2) is 3.79. The summed E-state index contributed by atoms with van der Waals surface area (Å²) in [5, 5.41) is 4.92. The van der Waals surface area contributed by atoms with E-state index in [-0.39, 0.29) is 11.9 Å². The second-order valence-corrected chi connectivity index (χ2v) is 4.79. The number of rotatable bonds is 2. The number of amides is 1. The van der Waals surface area contributed by atoms with Gasteiger partial charge in [-0.3, -0.25) is 4.79 Å². The summed E-state index contributed by atoms with van der Waals surface area (Å²) in [6.45, 7) is 0. The predicted molar refractivity (Wildman–Crippen MR) is 62.1 cm³/mol. The van der Waals surface area contributed by atoms with Crippen LogP contribution in [-0.2, 0) is 4.79 Å². The highest BCUT2D eigenvalue weighted by Gasteiger charge is 2.25. The van der Waals surface area contributed by atoms with Gasteiger partial charge < -0.3 is 9.73 Å². The molecule has 1 N–H and O–H groups in total. The quantitative estimate of drug-likeness (QED) is 0.866. The average molecular weight is 233 g/mol. The summed E-state index contributed by atoms with van der Waals surface area (Å²) in [5.74, 6) is 1.85. The van der Waals surface area contributed by atoms with Gasteiger partial charge in [0.1, 0.15) is 11.5 Å². The van der Waals surface area contributed by atoms with Gasteiger partial charge in [0, 0.05) is 6.42 Å². The molecule has 16 heavy (non-hydrogen) atoms. The van der Waals surface area contributed by atoms with Gasteiger partial charge in [-0.25, -0.2) is 0 Å². The molecule has 1 unspecified atom stereocenters. The van der Waals surface area contributed by atoms with Crippen LogP contribution < -0.4 is 5.32 Å². The minimum Gasteiger partial charge on any atom is -0.458 e. The molecule has 4 heteroatoms. The molecule has 1 aliphatic rings. The molecule has 0 saturated carbocycles. The van der Waals surface area contributed by atoms with Crippen molar-refractivity contribution in [2.24, 2.45) is 0 Å². The van der Waals surface area contributed by atoms with Gasteiger partial charge in [0.05, 0.1) is 10.9 Å². The summed E-state index contributed by atoms with van der Waals surface area (Å²) in [4.78, 5) is 12.2. The van der Waals surface area contributed by atoms with Crippen molar-refractivity contribution in [3.05, 3.63) is 35.4 Å². The van der Waals surface area contributed by atoms with E-state index >= 15 is 0 Å². The number of nitrogens with one attached hydrogen (secondary N) is 1. The van der Waals surface area contributed by atoms with Crippen molar-refractivity contribution < 1.29 is 9.21 Å². The molecule has 3 heterocycles. The fourth-order valence-corrected chi connectivity index (χ4v) is 2.61. The van der Waals surface area contributed by atoms with Crippen molar-refractivity contribution >= 4 is 17.2 Å². The Bertz CT molecular complexity index is 501. The molecule has 1 fully saturated rings. The Kier molecular flexibility index (Phi) is 2.29. The van der Waals surface area contributed by atoms with Gasteiger partial charge in [-0.05, 0) is 30.0 Å². The summed E-state index contributed by atoms with van der Waals surface area (Å²) < 4.78 is 5.76. The van der Waals surface area contributed by atoms with Crippen molar-refractivity contribution in [2.75, 3.05) is 0 Å². The van der Waals surface area contributed by atoms with Crippen LogP contribution in [0.4, 0.5) is 0 Å². The maximum Gasteiger partial charge on any atom is 0.220 e. The smallest absolute Gasteiger partial charge is 0.220 e. The van der Waals surface area contributed by atoms with E-state index in [1.54, 1.807) is 11.3 Å². The first-order chi connectivity index (χ1) is 7.83. The SMILES string of the molecule is O=C1CCC(c2ccc(-c3cccs3)o2)N1. The highest BCUT2D eigenvalue weighted by molar-refractivity contribution is 7.13. The Morgan fingerprint density at radius 1 is 1.38 bits per heavy atom. The molecule has 1 aliphatic heterocycles. The lowest BCUT2D eigenvalue weighted by Gasteiger charge is -2.04. The first-order valence-corrected chi connectivity index (χ1v) is 6.14. The summed E-state index contributed by atoms with van der Waals surface area (Å²) >= 11 is 1.65. The number of hydrogen-bond acceptors (Lipinski definition) is 3. The van der Waals surface area contributed by atoms with Gasteiger partial charge in [0.25, 0.3) is 0 Å². The Balaban J connectivity index is 1.85. The molecule has 3 rings (SSSR count). The van der Waals surface area contributed by atoms with Gasteiger partial charge in [-0.2, -0.15) is 0 Å². The number of carbonyl (C=O) groups excluding carboxylic acids is 1. The lowest BCUT2D eigenvalue weighted by Crippen LogP contribution is -2.17. The van der Waals surface area contributed by atoms with E-state index in [9.17, 15) is 4.79 Å². The van der Waals surface area contributed by atoms with Crippen LogP contribution in [0.15, 0.2) is 34.1 Å². The molecule has 1 atom stereocenters. The largest absolute Gasteiger partial charge is 0.458 e. The molecule has 0 spiro atoms. The number of thiophene rings is 1. The third-order valence-corrected chi connectivity index (χ3v) is 3.61. The first-order valence-electron chi connectivity index (χ1n) is 5.26. The highest BCUT2D eigenvalue weighted by Crippen LogP contribution is 2.31. The standard InChI is InChI=1S/C12H11NO2S/c14-12-6-3-8(13-12)9-4-5-10(15-9)11-2-1-7-16-11/h1-2,4-5,7-8H,3,6H2,(H,13,14). The zero-order valence-corrected chi connectivity index (χ0v) is 9.42. The molecule has 2 aromatic heterocycles. The van der Waals surface area contributed by atoms with Gasteiger partial charge in [-0.1, -0.05) is 6.07 Å². The van der Waals surface area contributed by atoms with Crippen LogP contribution >= 0.6 is 11.3 Å². The van der Waals surface area contributed by atoms with Gasteiger partial charge >= 0.3 is 0 Å². The number of carbonyl (C=O) groups is 1. The minimum atomic E-state index is 0.0567. The van der Waals surface area contributed by atoms with Crippen LogP contribution in [0.5, 0.6) is 0 Å². The molecule has 0 radical (unpaired) electrons. The van der Waals surface area contributed by atoms with Crippen LogP contribution in [0.2, 0.25) is 0 Å². The zero-order valence-electron chi connectivity index (χ0n) is 8.60. The van der Waals surface area contributed by atoms with Gasteiger partial charge in [0.2, 0.25) is 5.91 Å². The third kappa shape index (κ3) is 1.65. The van der Waals surface area contributed by atoms with E-state index in [0.717, 1.165) is 22.8 Å². The Hall–Kier alpha value is -1.55. The van der Waals surface area contributed by atoms with E-state index in [2.05, 4.69) is 5.32 Å². The molecule has 0 aliphatic carbocycles. The molecule has 1 amide bonds. The average Bonchev–Trinajstić information content (AvgIpc) is 2.97. The van der Waals surface area contributed by atoms with Crippen LogP contribution in [0.1, 0.15) is 24.6 Å². The number of furan rings is 1. The Labute approximate surface area is 97.1 Å². The third-order valence-electron chi connectivity index (χ3n) is 2.73. The molecule has 1 saturated heterocycles. The summed E-state index contributed by atoms with van der Waals surface area (Å²) in [6, 6.07) is 8.00. The fourth-order valence-electron chi connectivity index (χ4n) is 1.92. The normalized spacial score (nSPS) is 20.0. The first kappa shape index (κ1) is 9.66. The maximum atomic E-state index is 11.1. The molecular weight excluding hydrogens is 222 g/mol. The Morgan fingerprint density at radius 3 is 3.00 bits per heavy atom. The van der Waals surface area contributed by atoms with Crippen LogP contribution in [-0.4, -0.2) is 5.91 Å². The fraction of sp³-hybridized carbons (Fsp3) is 0.250. The van der Waals surface area contributed by atoms with Crippen LogP contribution in [0.25, 0.3) is 10.6 Å². The lowest BCUT2D eigenvalue weighted by atomic mass is 10.2. The van der Waals surface area contributed by atoms with E-state index in [1.807, 2.05) is 29.6 Å². The molecule has 82 valence electrons. The number of hydrogen-bond donors (Lipinski definition) is 1. The van der Waals surface area contributed by atoms with Crippen LogP contribution in [0, 0.1) is 0 Å². The van der Waals surface area contributed by atoms with Crippen molar-refractivity contribution in [3.63, 3.8) is 0 Å². The van der Waals surface area contributed by atoms with Crippen molar-refractivity contribution in [2.45, 2.75) is 18.9 Å². The summed E-state index contributed by atoms with van der Waals surface area (Å²) in [5.41, 5.74) is 0. The maximum absolute atomic E-state index is 11.1. The van der Waals surface area contributed by atoms with Gasteiger partial charge in [-0.15, -0.1) is 11.3 Å². The van der Waals surface area contributed by atoms with Gasteiger partial charge in [0.15, 0.2) is 0 Å². The van der Waals surface area contributed by atoms with E-state index < -0.39 is 0 Å². The van der Waals surface area contributed by atoms with E-state index in [0.29, 0.717) is 6.42 Å². The van der Waals surface area contributed by atoms with E-state index in [4.69, 9.17) is 4.42 Å². The molecule has 2 aromatic rings. The van der Waals surface area contributed by atoms with Crippen molar-refractivity contribution in [3.8, 4) is 10.6 Å². The Morgan fingerprint density at radius 2 is 2.31 bits per heavy atom. The van der Waals surface area contributed by atoms with Crippen molar-refractivity contribution in [1.82, 2.24) is 5.32 Å². The minimum absolute atomic E-state index is 0.0567.